The van der Waals surface area contributed by atoms with Crippen molar-refractivity contribution in [1.29, 1.82) is 5.26 Å². The van der Waals surface area contributed by atoms with E-state index in [9.17, 15) is 14.9 Å². The molecule has 0 radical (unpaired) electrons. The van der Waals surface area contributed by atoms with Gasteiger partial charge in [0.15, 0.2) is 23.0 Å². The van der Waals surface area contributed by atoms with E-state index in [1.54, 1.807) is 28.4 Å². The zero-order chi connectivity index (χ0) is 31.5. The van der Waals surface area contributed by atoms with Crippen molar-refractivity contribution < 1.29 is 43.5 Å². The number of aliphatic carboxylic acids is 2. The molecule has 0 aromatic heterocycles. The Labute approximate surface area is 247 Å². The summed E-state index contributed by atoms with van der Waals surface area (Å²) < 4.78 is 27.6. The molecule has 0 amide bonds. The fourth-order valence-corrected chi connectivity index (χ4v) is 4.23. The van der Waals surface area contributed by atoms with Gasteiger partial charge in [-0.15, -0.1) is 0 Å². The Kier molecular flexibility index (Phi) is 16.0. The summed E-state index contributed by atoms with van der Waals surface area (Å²) in [6, 6.07) is 14.0. The summed E-state index contributed by atoms with van der Waals surface area (Å²) in [7, 11) is 6.39. The first kappa shape index (κ1) is 35.6. The number of carboxylic acids is 2. The number of para-hydroxylation sites is 2. The quantitative estimate of drug-likeness (QED) is 0.174. The van der Waals surface area contributed by atoms with Crippen LogP contribution in [0.25, 0.3) is 0 Å². The smallest absolute Gasteiger partial charge is 0.328 e. The van der Waals surface area contributed by atoms with E-state index in [2.05, 4.69) is 25.2 Å². The molecule has 11 heteroatoms. The largest absolute Gasteiger partial charge is 0.493 e. The molecule has 0 saturated carbocycles. The zero-order valence-electron chi connectivity index (χ0n) is 25.1. The number of nitrogens with one attached hydrogen (secondary N) is 1. The molecular formula is C31H42N2O9. The summed E-state index contributed by atoms with van der Waals surface area (Å²) in [4.78, 5) is 19.1. The second-order valence-electron chi connectivity index (χ2n) is 9.37. The zero-order valence-corrected chi connectivity index (χ0v) is 25.1. The molecule has 2 aromatic carbocycles. The first-order valence-electron chi connectivity index (χ1n) is 13.4. The summed E-state index contributed by atoms with van der Waals surface area (Å²) >= 11 is 0. The van der Waals surface area contributed by atoms with Crippen LogP contribution in [-0.2, 0) is 15.0 Å². The molecule has 0 fully saturated rings. The minimum absolute atomic E-state index is 0.106. The average Bonchev–Trinajstić information content (AvgIpc) is 2.99. The van der Waals surface area contributed by atoms with Gasteiger partial charge in [0.2, 0.25) is 5.75 Å². The predicted molar refractivity (Wildman–Crippen MR) is 158 cm³/mol. The summed E-state index contributed by atoms with van der Waals surface area (Å²) in [5, 5.41) is 29.4. The van der Waals surface area contributed by atoms with E-state index in [4.69, 9.17) is 33.9 Å². The van der Waals surface area contributed by atoms with E-state index in [1.165, 1.54) is 0 Å². The highest BCUT2D eigenvalue weighted by molar-refractivity contribution is 5.89. The number of ether oxygens (including phenoxy) is 5. The third kappa shape index (κ3) is 10.9. The van der Waals surface area contributed by atoms with Gasteiger partial charge >= 0.3 is 11.9 Å². The molecule has 1 atom stereocenters. The fourth-order valence-electron chi connectivity index (χ4n) is 4.23. The van der Waals surface area contributed by atoms with Crippen molar-refractivity contribution >= 4 is 11.9 Å². The topological polar surface area (TPSA) is 157 Å². The van der Waals surface area contributed by atoms with Crippen LogP contribution in [0.15, 0.2) is 48.6 Å². The van der Waals surface area contributed by atoms with E-state index in [-0.39, 0.29) is 5.92 Å². The van der Waals surface area contributed by atoms with Gasteiger partial charge in [-0.3, -0.25) is 0 Å². The van der Waals surface area contributed by atoms with Gasteiger partial charge in [-0.1, -0.05) is 26.0 Å². The lowest BCUT2D eigenvalue weighted by molar-refractivity contribution is -0.134. The Hall–Kier alpha value is -4.43. The third-order valence-electron chi connectivity index (χ3n) is 6.48. The Morgan fingerprint density at radius 2 is 1.40 bits per heavy atom. The second-order valence-corrected chi connectivity index (χ2v) is 9.37. The number of nitriles is 1. The molecule has 0 aliphatic heterocycles. The van der Waals surface area contributed by atoms with Crippen LogP contribution >= 0.6 is 0 Å². The molecule has 0 aliphatic carbocycles. The van der Waals surface area contributed by atoms with Crippen LogP contribution in [0.2, 0.25) is 0 Å². The summed E-state index contributed by atoms with van der Waals surface area (Å²) in [6.45, 7) is 6.41. The normalized spacial score (nSPS) is 12.0. The van der Waals surface area contributed by atoms with Crippen molar-refractivity contribution in [2.45, 2.75) is 38.5 Å². The number of carbonyl (C=O) groups is 2. The van der Waals surface area contributed by atoms with E-state index in [1.807, 2.05) is 36.4 Å². The van der Waals surface area contributed by atoms with Crippen molar-refractivity contribution in [3.8, 4) is 34.8 Å². The molecule has 2 aromatic rings. The van der Waals surface area contributed by atoms with Gasteiger partial charge in [0.25, 0.3) is 0 Å². The maximum absolute atomic E-state index is 10.3. The summed E-state index contributed by atoms with van der Waals surface area (Å²) in [5.41, 5.74) is 0.214. The Morgan fingerprint density at radius 3 is 1.86 bits per heavy atom. The van der Waals surface area contributed by atoms with Crippen LogP contribution in [0, 0.1) is 17.2 Å². The Morgan fingerprint density at radius 1 is 0.881 bits per heavy atom. The van der Waals surface area contributed by atoms with Gasteiger partial charge in [-0.2, -0.15) is 5.26 Å². The van der Waals surface area contributed by atoms with E-state index in [0.29, 0.717) is 42.4 Å². The molecular weight excluding hydrogens is 544 g/mol. The van der Waals surface area contributed by atoms with Gasteiger partial charge in [-0.05, 0) is 68.1 Å². The molecule has 0 spiro atoms. The van der Waals surface area contributed by atoms with Gasteiger partial charge in [0, 0.05) is 12.2 Å². The highest BCUT2D eigenvalue weighted by Crippen LogP contribution is 2.45. The highest BCUT2D eigenvalue weighted by atomic mass is 16.5. The predicted octanol–water partition coefficient (Wildman–Crippen LogP) is 4.69. The molecule has 42 heavy (non-hydrogen) atoms. The second kappa shape index (κ2) is 18.8. The third-order valence-corrected chi connectivity index (χ3v) is 6.48. The molecule has 2 rings (SSSR count). The summed E-state index contributed by atoms with van der Waals surface area (Å²) in [5.74, 6) is 0.737. The van der Waals surface area contributed by atoms with Gasteiger partial charge in [-0.25, -0.2) is 9.59 Å². The average molecular weight is 587 g/mol. The first-order valence-corrected chi connectivity index (χ1v) is 13.4. The summed E-state index contributed by atoms with van der Waals surface area (Å²) in [6.07, 6.45) is 3.56. The lowest BCUT2D eigenvalue weighted by Gasteiger charge is -2.32. The Bertz CT molecular complexity index is 1170. The van der Waals surface area contributed by atoms with E-state index in [0.717, 1.165) is 43.0 Å². The van der Waals surface area contributed by atoms with Crippen LogP contribution in [0.3, 0.4) is 0 Å². The van der Waals surface area contributed by atoms with Crippen molar-refractivity contribution in [1.82, 2.24) is 5.32 Å². The fraction of sp³-hybridized carbons (Fsp3) is 0.452. The van der Waals surface area contributed by atoms with Gasteiger partial charge in [0.1, 0.15) is 0 Å². The molecule has 0 heterocycles. The minimum atomic E-state index is -1.26. The van der Waals surface area contributed by atoms with Crippen molar-refractivity contribution in [2.75, 3.05) is 48.1 Å². The SMILES string of the molecule is COc1ccccc1OCCCNCCCC(C#N)(c1cc(OC)c(OC)c(OC)c1)C(C)C.O=C(O)/C=C/C(=O)O. The number of benzene rings is 2. The van der Waals surface area contributed by atoms with Gasteiger partial charge in [0.05, 0.1) is 46.5 Å². The van der Waals surface area contributed by atoms with E-state index < -0.39 is 17.4 Å². The molecule has 230 valence electrons. The van der Waals surface area contributed by atoms with Crippen molar-refractivity contribution in [2.24, 2.45) is 5.92 Å². The van der Waals surface area contributed by atoms with Crippen LogP contribution in [0.4, 0.5) is 0 Å². The van der Waals surface area contributed by atoms with Gasteiger partial charge < -0.3 is 39.2 Å². The molecule has 3 N–H and O–H groups in total. The lowest BCUT2D eigenvalue weighted by atomic mass is 9.69. The minimum Gasteiger partial charge on any atom is -0.493 e. The number of methoxy groups -OCH3 is 4. The molecule has 1 unspecified atom stereocenters. The maximum Gasteiger partial charge on any atom is 0.328 e. The standard InChI is InChI=1S/C27H38N2O5.C4H4O4/c1-20(2)27(19-28,21-17-24(31-4)26(33-6)25(18-21)32-5)13-9-14-29-15-10-16-34-23-12-8-7-11-22(23)30-3;5-3(6)1-2-4(7)8/h7-8,11-12,17-18,20,29H,9-10,13-16H2,1-6H3;1-2H,(H,5,6)(H,7,8)/b;2-1+. The van der Waals surface area contributed by atoms with Crippen LogP contribution in [-0.4, -0.2) is 70.3 Å². The number of nitrogens with zero attached hydrogens (tertiary/aromatic N) is 1. The van der Waals surface area contributed by atoms with Crippen LogP contribution in [0.5, 0.6) is 28.7 Å². The van der Waals surface area contributed by atoms with Crippen LogP contribution < -0.4 is 29.0 Å². The number of hydrogen-bond acceptors (Lipinski definition) is 9. The monoisotopic (exact) mass is 586 g/mol. The number of rotatable bonds is 17. The maximum atomic E-state index is 10.3. The first-order chi connectivity index (χ1) is 20.1. The highest BCUT2D eigenvalue weighted by Gasteiger charge is 2.37. The lowest BCUT2D eigenvalue weighted by Crippen LogP contribution is -2.32. The van der Waals surface area contributed by atoms with Crippen molar-refractivity contribution in [3.63, 3.8) is 0 Å². The molecule has 11 nitrogen and oxygen atoms in total. The van der Waals surface area contributed by atoms with Crippen molar-refractivity contribution in [3.05, 3.63) is 54.1 Å². The number of hydrogen-bond donors (Lipinski definition) is 3. The Balaban J connectivity index is 0.000000962. The molecule has 0 saturated heterocycles. The van der Waals surface area contributed by atoms with Crippen LogP contribution in [0.1, 0.15) is 38.7 Å². The molecule has 0 aliphatic rings. The molecule has 0 bridgehead atoms. The number of carboxylic acid groups (broad SMARTS) is 2. The van der Waals surface area contributed by atoms with E-state index >= 15 is 0 Å².